The molecule has 0 atom stereocenters. The monoisotopic (exact) mass is 192 g/mol. The summed E-state index contributed by atoms with van der Waals surface area (Å²) in [6.45, 7) is 1.94. The van der Waals surface area contributed by atoms with Gasteiger partial charge in [-0.2, -0.15) is 0 Å². The summed E-state index contributed by atoms with van der Waals surface area (Å²) in [7, 11) is 0. The molecule has 0 aliphatic carbocycles. The minimum Gasteiger partial charge on any atom is -0.550 e. The van der Waals surface area contributed by atoms with Crippen LogP contribution >= 0.6 is 0 Å². The minimum atomic E-state index is -1.08. The SMILES string of the molecule is CC(=O)[O-].CC(=O)[O-].[ClH2+].[ClH2+]. The molecule has 0 rings (SSSR count). The topological polar surface area (TPSA) is 80.3 Å². The maximum atomic E-state index is 8.89. The Morgan fingerprint density at radius 2 is 0.900 bits per heavy atom. The molecule has 0 aromatic heterocycles. The maximum absolute atomic E-state index is 8.89. The standard InChI is InChI=1S/2C2H4O2.2ClH2/c2*1-2(3)4;;/h2*1H3,(H,3,4);2*1H2/q;;2*+1/p-2. The Kier molecular flexibility index (Phi) is 35.9. The zero-order chi connectivity index (χ0) is 7.15. The van der Waals surface area contributed by atoms with E-state index in [1.807, 2.05) is 0 Å². The third kappa shape index (κ3) is 1390. The highest BCUT2D eigenvalue weighted by atomic mass is 35.5. The van der Waals surface area contributed by atoms with Crippen molar-refractivity contribution in [2.24, 2.45) is 0 Å². The second kappa shape index (κ2) is 15.8. The summed E-state index contributed by atoms with van der Waals surface area (Å²) in [5, 5.41) is 17.8. The Labute approximate surface area is 71.1 Å². The lowest BCUT2D eigenvalue weighted by atomic mass is 10.9. The molecule has 0 bridgehead atoms. The molecule has 64 valence electrons. The van der Waals surface area contributed by atoms with Gasteiger partial charge in [-0.25, -0.2) is 0 Å². The third-order valence-corrected chi connectivity index (χ3v) is 0. The molecule has 0 spiro atoms. The molecular formula is C4H10Cl2O4. The molecule has 0 aliphatic heterocycles. The summed E-state index contributed by atoms with van der Waals surface area (Å²) in [5.41, 5.74) is 0. The molecular weight excluding hydrogens is 183 g/mol. The van der Waals surface area contributed by atoms with Crippen molar-refractivity contribution in [3.8, 4) is 0 Å². The Balaban J connectivity index is -0.0000000300. The number of hydrogen-bond acceptors (Lipinski definition) is 4. The van der Waals surface area contributed by atoms with E-state index in [-0.39, 0.29) is 24.8 Å². The molecule has 0 heterocycles. The Morgan fingerprint density at radius 3 is 0.900 bits per heavy atom. The maximum Gasteiger partial charge on any atom is 0.0903 e. The van der Waals surface area contributed by atoms with Crippen LogP contribution in [0.5, 0.6) is 0 Å². The molecule has 10 heavy (non-hydrogen) atoms. The van der Waals surface area contributed by atoms with Gasteiger partial charge in [-0.15, -0.1) is 0 Å². The highest BCUT2D eigenvalue weighted by Crippen LogP contribution is 1.31. The predicted molar refractivity (Wildman–Crippen MR) is 26.9 cm³/mol. The molecule has 0 aromatic rings. The lowest BCUT2D eigenvalue weighted by Crippen LogP contribution is -2.16. The van der Waals surface area contributed by atoms with Crippen molar-refractivity contribution in [1.29, 1.82) is 0 Å². The molecule has 0 aliphatic rings. The van der Waals surface area contributed by atoms with Crippen LogP contribution in [0.3, 0.4) is 0 Å². The minimum absolute atomic E-state index is 0. The first-order valence-corrected chi connectivity index (χ1v) is 1.82. The molecule has 0 radical (unpaired) electrons. The van der Waals surface area contributed by atoms with Crippen molar-refractivity contribution in [1.82, 2.24) is 0 Å². The number of hydrogen-bond donors (Lipinski definition) is 0. The van der Waals surface area contributed by atoms with Crippen LogP contribution in [0.1, 0.15) is 13.8 Å². The molecule has 0 N–H and O–H groups in total. The van der Waals surface area contributed by atoms with Gasteiger partial charge in [0.05, 0.1) is 24.8 Å². The molecule has 4 nitrogen and oxygen atoms in total. The van der Waals surface area contributed by atoms with Crippen LogP contribution in [0.25, 0.3) is 0 Å². The van der Waals surface area contributed by atoms with Gasteiger partial charge in [-0.1, -0.05) is 0 Å². The van der Waals surface area contributed by atoms with Crippen LogP contribution < -0.4 is 10.2 Å². The second-order valence-electron chi connectivity index (χ2n) is 0.983. The van der Waals surface area contributed by atoms with Gasteiger partial charge in [0.2, 0.25) is 0 Å². The zero-order valence-corrected chi connectivity index (χ0v) is 7.32. The zero-order valence-electron chi connectivity index (χ0n) is 5.53. The van der Waals surface area contributed by atoms with E-state index in [9.17, 15) is 0 Å². The van der Waals surface area contributed by atoms with Crippen molar-refractivity contribution in [3.63, 3.8) is 0 Å². The molecule has 0 fully saturated rings. The van der Waals surface area contributed by atoms with E-state index in [1.165, 1.54) is 0 Å². The van der Waals surface area contributed by atoms with Crippen molar-refractivity contribution in [3.05, 3.63) is 0 Å². The molecule has 0 saturated heterocycles. The highest BCUT2D eigenvalue weighted by Gasteiger charge is 1.46. The van der Waals surface area contributed by atoms with Crippen molar-refractivity contribution < 1.29 is 44.6 Å². The van der Waals surface area contributed by atoms with Crippen LogP contribution in [0, 0.1) is 24.8 Å². The van der Waals surface area contributed by atoms with E-state index in [4.69, 9.17) is 19.8 Å². The van der Waals surface area contributed by atoms with Crippen molar-refractivity contribution >= 4 is 11.9 Å². The molecule has 0 saturated carbocycles. The molecule has 6 heteroatoms. The average Bonchev–Trinajstić information content (AvgIpc) is 1.25. The highest BCUT2D eigenvalue weighted by molar-refractivity contribution is 5.60. The number of halogens is 2. The smallest absolute Gasteiger partial charge is 0.0903 e. The van der Waals surface area contributed by atoms with E-state index in [0.29, 0.717) is 0 Å². The van der Waals surface area contributed by atoms with Gasteiger partial charge in [0.1, 0.15) is 0 Å². The van der Waals surface area contributed by atoms with Crippen LogP contribution in [0.4, 0.5) is 0 Å². The van der Waals surface area contributed by atoms with Gasteiger partial charge in [0.25, 0.3) is 0 Å². The summed E-state index contributed by atoms with van der Waals surface area (Å²) in [5.74, 6) is -2.17. The van der Waals surface area contributed by atoms with Gasteiger partial charge < -0.3 is 19.8 Å². The Bertz CT molecular complexity index is 73.3. The van der Waals surface area contributed by atoms with Gasteiger partial charge in [-0.3, -0.25) is 0 Å². The van der Waals surface area contributed by atoms with Crippen LogP contribution in [-0.2, 0) is 9.59 Å². The van der Waals surface area contributed by atoms with E-state index in [0.717, 1.165) is 13.8 Å². The first kappa shape index (κ1) is 22.7. The summed E-state index contributed by atoms with van der Waals surface area (Å²) in [6.07, 6.45) is 0. The average molecular weight is 193 g/mol. The normalized spacial score (nSPS) is 5.00. The number of carboxylic acid groups (broad SMARTS) is 2. The van der Waals surface area contributed by atoms with E-state index >= 15 is 0 Å². The lowest BCUT2D eigenvalue weighted by molar-refractivity contribution is -0.303. The first-order chi connectivity index (χ1) is 3.46. The fraction of sp³-hybridized carbons (Fsp3) is 0.500. The molecule has 0 aromatic carbocycles. The van der Waals surface area contributed by atoms with Gasteiger partial charge in [-0.05, 0) is 13.8 Å². The van der Waals surface area contributed by atoms with Crippen LogP contribution in [0.2, 0.25) is 0 Å². The van der Waals surface area contributed by atoms with Crippen molar-refractivity contribution in [2.75, 3.05) is 0 Å². The number of aliphatic carboxylic acids is 2. The largest absolute Gasteiger partial charge is 0.550 e. The number of rotatable bonds is 0. The fourth-order valence-corrected chi connectivity index (χ4v) is 0. The molecule has 0 amide bonds. The van der Waals surface area contributed by atoms with Crippen LogP contribution in [-0.4, -0.2) is 11.9 Å². The summed E-state index contributed by atoms with van der Waals surface area (Å²) >= 11 is 0. The van der Waals surface area contributed by atoms with Gasteiger partial charge in [0, 0.05) is 11.9 Å². The number of carbonyl (C=O) groups excluding carboxylic acids is 2. The molecule has 0 unspecified atom stereocenters. The number of carboxylic acids is 2. The van der Waals surface area contributed by atoms with Crippen LogP contribution in [0.15, 0.2) is 0 Å². The first-order valence-electron chi connectivity index (χ1n) is 1.82. The van der Waals surface area contributed by atoms with E-state index in [2.05, 4.69) is 0 Å². The summed E-state index contributed by atoms with van der Waals surface area (Å²) < 4.78 is 0. The quantitative estimate of drug-likeness (QED) is 0.398. The van der Waals surface area contributed by atoms with E-state index < -0.39 is 11.9 Å². The fourth-order valence-electron chi connectivity index (χ4n) is 0. The summed E-state index contributed by atoms with van der Waals surface area (Å²) in [6, 6.07) is 0. The Hall–Kier alpha value is -0.480. The van der Waals surface area contributed by atoms with Gasteiger partial charge in [0.15, 0.2) is 0 Å². The Morgan fingerprint density at radius 1 is 0.900 bits per heavy atom. The van der Waals surface area contributed by atoms with Crippen molar-refractivity contribution in [2.45, 2.75) is 13.8 Å². The van der Waals surface area contributed by atoms with Gasteiger partial charge >= 0.3 is 0 Å². The third-order valence-electron chi connectivity index (χ3n) is 0. The lowest BCUT2D eigenvalue weighted by Gasteiger charge is -1.77. The predicted octanol–water partition coefficient (Wildman–Crippen LogP) is -3.56. The second-order valence-corrected chi connectivity index (χ2v) is 0.983. The van der Waals surface area contributed by atoms with E-state index in [1.54, 1.807) is 0 Å². The summed E-state index contributed by atoms with van der Waals surface area (Å²) in [4.78, 5) is 17.8. The number of carbonyl (C=O) groups is 2.